The van der Waals surface area contributed by atoms with Gasteiger partial charge in [-0.1, -0.05) is 30.3 Å². The van der Waals surface area contributed by atoms with E-state index in [4.69, 9.17) is 10.4 Å². The number of hydrogen-bond acceptors (Lipinski definition) is 5. The quantitative estimate of drug-likeness (QED) is 0.742. The van der Waals surface area contributed by atoms with Crippen molar-refractivity contribution in [3.8, 4) is 11.1 Å². The van der Waals surface area contributed by atoms with Crippen LogP contribution < -0.4 is 0 Å². The predicted octanol–water partition coefficient (Wildman–Crippen LogP) is 1.82. The molecule has 21 heavy (non-hydrogen) atoms. The van der Waals surface area contributed by atoms with Crippen molar-refractivity contribution in [1.82, 2.24) is 4.63 Å². The molecule has 0 amide bonds. The van der Waals surface area contributed by atoms with Gasteiger partial charge in [0.2, 0.25) is 0 Å². The minimum Gasteiger partial charge on any atom is -0.478 e. The third-order valence-electron chi connectivity index (χ3n) is 2.82. The maximum atomic E-state index is 11.7. The van der Waals surface area contributed by atoms with Crippen LogP contribution >= 0.6 is 0 Å². The highest BCUT2D eigenvalue weighted by Crippen LogP contribution is 2.27. The van der Waals surface area contributed by atoms with Gasteiger partial charge in [0.25, 0.3) is 10.0 Å². The van der Waals surface area contributed by atoms with Gasteiger partial charge in [-0.2, -0.15) is 0 Å². The molecule has 0 fully saturated rings. The van der Waals surface area contributed by atoms with Crippen molar-refractivity contribution in [2.75, 3.05) is 0 Å². The number of aromatic carboxylic acids is 1. The summed E-state index contributed by atoms with van der Waals surface area (Å²) in [5.41, 5.74) is 0.558. The molecule has 0 radical (unpaired) electrons. The Balaban J connectivity index is 2.70. The molecule has 0 aliphatic carbocycles. The lowest BCUT2D eigenvalue weighted by Gasteiger charge is -2.11. The highest BCUT2D eigenvalue weighted by Gasteiger charge is 2.23. The molecular weight excluding hydrogens is 298 g/mol. The van der Waals surface area contributed by atoms with Crippen LogP contribution in [0.5, 0.6) is 0 Å². The van der Waals surface area contributed by atoms with Gasteiger partial charge in [0, 0.05) is 0 Å². The molecule has 0 heterocycles. The fraction of sp³-hybridized carbons (Fsp3) is 0. The molecule has 0 spiro atoms. The van der Waals surface area contributed by atoms with E-state index >= 15 is 0 Å². The number of hydrogen-bond donors (Lipinski definition) is 3. The molecule has 0 saturated carbocycles. The van der Waals surface area contributed by atoms with Gasteiger partial charge in [0.1, 0.15) is 0 Å². The number of nitrogens with zero attached hydrogens (tertiary/aromatic N) is 1. The van der Waals surface area contributed by atoms with Crippen molar-refractivity contribution in [3.05, 3.63) is 54.1 Å². The van der Waals surface area contributed by atoms with E-state index in [0.29, 0.717) is 5.56 Å². The number of carboxylic acid groups (broad SMARTS) is 1. The normalized spacial score (nSPS) is 11.6. The van der Waals surface area contributed by atoms with Crippen molar-refractivity contribution in [2.24, 2.45) is 0 Å². The summed E-state index contributed by atoms with van der Waals surface area (Å²) in [5.74, 6) is -1.22. The van der Waals surface area contributed by atoms with Gasteiger partial charge in [0.05, 0.1) is 15.1 Å². The fourth-order valence-corrected chi connectivity index (χ4v) is 2.52. The molecule has 0 aliphatic heterocycles. The van der Waals surface area contributed by atoms with E-state index in [9.17, 15) is 18.3 Å². The molecule has 2 rings (SSSR count). The summed E-state index contributed by atoms with van der Waals surface area (Å²) in [6.45, 7) is 0. The van der Waals surface area contributed by atoms with Gasteiger partial charge in [-0.15, -0.1) is 0 Å². The van der Waals surface area contributed by atoms with E-state index in [-0.39, 0.29) is 11.1 Å². The Labute approximate surface area is 120 Å². The molecule has 2 aromatic carbocycles. The number of rotatable bonds is 4. The van der Waals surface area contributed by atoms with Crippen LogP contribution in [0.25, 0.3) is 11.1 Å². The Kier molecular flexibility index (Phi) is 4.05. The van der Waals surface area contributed by atoms with E-state index in [0.717, 1.165) is 18.2 Å². The van der Waals surface area contributed by atoms with Gasteiger partial charge in [-0.05, 0) is 29.3 Å². The highest BCUT2D eigenvalue weighted by atomic mass is 32.2. The van der Waals surface area contributed by atoms with Gasteiger partial charge in [-0.25, -0.2) is 13.2 Å². The second kappa shape index (κ2) is 5.62. The van der Waals surface area contributed by atoms with E-state index in [2.05, 4.69) is 0 Å². The molecule has 7 nitrogen and oxygen atoms in total. The molecule has 0 saturated heterocycles. The monoisotopic (exact) mass is 309 g/mol. The first-order valence-electron chi connectivity index (χ1n) is 5.70. The summed E-state index contributed by atoms with van der Waals surface area (Å²) in [7, 11) is -4.50. The average Bonchev–Trinajstić information content (AvgIpc) is 2.47. The van der Waals surface area contributed by atoms with E-state index in [1.807, 2.05) is 0 Å². The van der Waals surface area contributed by atoms with Crippen LogP contribution in [-0.4, -0.2) is 34.5 Å². The minimum atomic E-state index is -4.50. The molecule has 8 heteroatoms. The van der Waals surface area contributed by atoms with Gasteiger partial charge in [-0.3, -0.25) is 10.4 Å². The topological polar surface area (TPSA) is 115 Å². The Bertz CT molecular complexity index is 771. The minimum absolute atomic E-state index is 0.0948. The lowest BCUT2D eigenvalue weighted by atomic mass is 10.00. The summed E-state index contributed by atoms with van der Waals surface area (Å²) in [4.78, 5) is 10.8. The second-order valence-corrected chi connectivity index (χ2v) is 5.85. The van der Waals surface area contributed by atoms with Crippen LogP contribution in [0.3, 0.4) is 0 Å². The van der Waals surface area contributed by atoms with Crippen LogP contribution in [0.4, 0.5) is 0 Å². The number of carboxylic acids is 1. The lowest BCUT2D eigenvalue weighted by Crippen LogP contribution is -2.23. The van der Waals surface area contributed by atoms with Crippen LogP contribution in [0, 0.1) is 0 Å². The molecule has 0 atom stereocenters. The first kappa shape index (κ1) is 15.1. The standard InChI is InChI=1S/C13H11NO6S/c15-13(16)11-7-6-10(21(19,20)14(17)18)8-12(11)9-4-2-1-3-5-9/h1-8,17-18H,(H,15,16). The molecule has 110 valence electrons. The molecule has 3 N–H and O–H groups in total. The first-order chi connectivity index (χ1) is 9.84. The maximum absolute atomic E-state index is 11.7. The SMILES string of the molecule is O=C(O)c1ccc(S(=O)(=O)N(O)O)cc1-c1ccccc1. The van der Waals surface area contributed by atoms with Crippen molar-refractivity contribution in [1.29, 1.82) is 0 Å². The van der Waals surface area contributed by atoms with E-state index in [1.165, 1.54) is 0 Å². The Hall–Kier alpha value is -2.26. The Morgan fingerprint density at radius 1 is 1.00 bits per heavy atom. The van der Waals surface area contributed by atoms with Crippen LogP contribution in [-0.2, 0) is 10.0 Å². The first-order valence-corrected chi connectivity index (χ1v) is 7.14. The fourth-order valence-electron chi connectivity index (χ4n) is 1.82. The van der Waals surface area contributed by atoms with Crippen molar-refractivity contribution in [3.63, 3.8) is 0 Å². The zero-order chi connectivity index (χ0) is 15.6. The average molecular weight is 309 g/mol. The predicted molar refractivity (Wildman–Crippen MR) is 71.4 cm³/mol. The van der Waals surface area contributed by atoms with Crippen molar-refractivity contribution < 1.29 is 28.7 Å². The summed E-state index contributed by atoms with van der Waals surface area (Å²) in [6.07, 6.45) is 0. The Morgan fingerprint density at radius 2 is 1.62 bits per heavy atom. The smallest absolute Gasteiger partial charge is 0.336 e. The zero-order valence-corrected chi connectivity index (χ0v) is 11.4. The second-order valence-electron chi connectivity index (χ2n) is 4.11. The summed E-state index contributed by atoms with van der Waals surface area (Å²) < 4.78 is 22.4. The number of benzene rings is 2. The summed E-state index contributed by atoms with van der Waals surface area (Å²) in [6, 6.07) is 11.5. The van der Waals surface area contributed by atoms with Crippen molar-refractivity contribution >= 4 is 16.0 Å². The summed E-state index contributed by atoms with van der Waals surface area (Å²) in [5, 5.41) is 26.7. The maximum Gasteiger partial charge on any atom is 0.336 e. The highest BCUT2D eigenvalue weighted by molar-refractivity contribution is 7.88. The third kappa shape index (κ3) is 2.93. The third-order valence-corrected chi connectivity index (χ3v) is 4.10. The lowest BCUT2D eigenvalue weighted by molar-refractivity contribution is -0.226. The molecule has 0 bridgehead atoms. The zero-order valence-electron chi connectivity index (χ0n) is 10.5. The van der Waals surface area contributed by atoms with Crippen molar-refractivity contribution in [2.45, 2.75) is 4.90 Å². The van der Waals surface area contributed by atoms with Crippen LogP contribution in [0.15, 0.2) is 53.4 Å². The van der Waals surface area contributed by atoms with Gasteiger partial charge in [0.15, 0.2) is 0 Å². The van der Waals surface area contributed by atoms with E-state index in [1.54, 1.807) is 30.3 Å². The molecular formula is C13H11NO6S. The Morgan fingerprint density at radius 3 is 2.14 bits per heavy atom. The summed E-state index contributed by atoms with van der Waals surface area (Å²) >= 11 is 0. The van der Waals surface area contributed by atoms with Gasteiger partial charge < -0.3 is 5.11 Å². The largest absolute Gasteiger partial charge is 0.478 e. The number of sulfonamides is 1. The number of carbonyl (C=O) groups is 1. The van der Waals surface area contributed by atoms with Crippen LogP contribution in [0.2, 0.25) is 0 Å². The van der Waals surface area contributed by atoms with E-state index < -0.39 is 25.5 Å². The van der Waals surface area contributed by atoms with Gasteiger partial charge >= 0.3 is 5.97 Å². The van der Waals surface area contributed by atoms with Crippen LogP contribution in [0.1, 0.15) is 10.4 Å². The molecule has 2 aromatic rings. The molecule has 0 unspecified atom stereocenters. The molecule has 0 aliphatic rings. The molecule has 0 aromatic heterocycles.